The highest BCUT2D eigenvalue weighted by atomic mass is 35.5. The summed E-state index contributed by atoms with van der Waals surface area (Å²) in [5.74, 6) is 0.469. The summed E-state index contributed by atoms with van der Waals surface area (Å²) in [4.78, 5) is 7.81. The number of halogens is 1. The van der Waals surface area contributed by atoms with Crippen molar-refractivity contribution in [1.82, 2.24) is 9.97 Å². The Hall–Kier alpha value is -1.36. The molecule has 0 aliphatic rings. The highest BCUT2D eigenvalue weighted by Gasteiger charge is 2.03. The van der Waals surface area contributed by atoms with E-state index in [0.717, 1.165) is 5.69 Å². The quantitative estimate of drug-likeness (QED) is 0.540. The number of nitrogens with zero attached hydrogens (tertiary/aromatic N) is 2. The van der Waals surface area contributed by atoms with Gasteiger partial charge in [0.25, 0.3) is 0 Å². The van der Waals surface area contributed by atoms with Crippen molar-refractivity contribution in [3.05, 3.63) is 17.6 Å². The molecule has 0 radical (unpaired) electrons. The van der Waals surface area contributed by atoms with Crippen LogP contribution in [-0.4, -0.2) is 22.9 Å². The zero-order chi connectivity index (χ0) is 9.14. The van der Waals surface area contributed by atoms with Crippen LogP contribution in [0.4, 0.5) is 0 Å². The molecule has 0 unspecified atom stereocenters. The maximum Gasteiger partial charge on any atom is 0.216 e. The van der Waals surface area contributed by atoms with Crippen molar-refractivity contribution in [2.75, 3.05) is 7.11 Å². The van der Waals surface area contributed by atoms with Gasteiger partial charge in [-0.3, -0.25) is 5.41 Å². The molecule has 0 aliphatic carbocycles. The lowest BCUT2D eigenvalue weighted by Gasteiger charge is -2.02. The number of methoxy groups -OCH3 is 1. The summed E-state index contributed by atoms with van der Waals surface area (Å²) in [6.45, 7) is 1.79. The van der Waals surface area contributed by atoms with Crippen LogP contribution in [0.2, 0.25) is 0 Å². The summed E-state index contributed by atoms with van der Waals surface area (Å²) >= 11 is 0. The third-order valence-corrected chi connectivity index (χ3v) is 1.28. The number of aryl methyl sites for hydroxylation is 1. The van der Waals surface area contributed by atoms with Crippen molar-refractivity contribution in [3.8, 4) is 5.88 Å². The van der Waals surface area contributed by atoms with Gasteiger partial charge in [0.1, 0.15) is 0 Å². The lowest BCUT2D eigenvalue weighted by Crippen LogP contribution is -2.16. The van der Waals surface area contributed by atoms with Crippen LogP contribution in [0.3, 0.4) is 0 Å². The smallest absolute Gasteiger partial charge is 0.216 e. The molecule has 1 heterocycles. The first-order valence-corrected chi connectivity index (χ1v) is 3.37. The number of nitrogens with two attached hydrogens (primary N) is 1. The second-order valence-corrected chi connectivity index (χ2v) is 2.29. The van der Waals surface area contributed by atoms with E-state index in [9.17, 15) is 0 Å². The van der Waals surface area contributed by atoms with Crippen LogP contribution < -0.4 is 10.5 Å². The SMILES string of the molecule is COc1cc(C)nc(C(=N)N)n1.Cl. The Balaban J connectivity index is 0.00000144. The molecule has 0 atom stereocenters. The molecular formula is C7H11ClN4O. The van der Waals surface area contributed by atoms with Crippen molar-refractivity contribution in [2.24, 2.45) is 5.73 Å². The number of hydrogen-bond acceptors (Lipinski definition) is 4. The summed E-state index contributed by atoms with van der Waals surface area (Å²) in [5.41, 5.74) is 5.94. The third-order valence-electron chi connectivity index (χ3n) is 1.28. The second-order valence-electron chi connectivity index (χ2n) is 2.29. The lowest BCUT2D eigenvalue weighted by molar-refractivity contribution is 0.396. The van der Waals surface area contributed by atoms with E-state index >= 15 is 0 Å². The van der Waals surface area contributed by atoms with Gasteiger partial charge in [0.15, 0.2) is 11.7 Å². The predicted octanol–water partition coefficient (Wildman–Crippen LogP) is 0.499. The van der Waals surface area contributed by atoms with Gasteiger partial charge in [-0.05, 0) is 6.92 Å². The molecule has 72 valence electrons. The van der Waals surface area contributed by atoms with Crippen LogP contribution in [0, 0.1) is 12.3 Å². The maximum atomic E-state index is 7.10. The van der Waals surface area contributed by atoms with Crippen LogP contribution in [0.15, 0.2) is 6.07 Å². The number of hydrogen-bond donors (Lipinski definition) is 2. The van der Waals surface area contributed by atoms with E-state index in [0.29, 0.717) is 5.88 Å². The highest BCUT2D eigenvalue weighted by Crippen LogP contribution is 2.06. The van der Waals surface area contributed by atoms with E-state index in [1.54, 1.807) is 13.0 Å². The van der Waals surface area contributed by atoms with Crippen LogP contribution in [0.5, 0.6) is 5.88 Å². The van der Waals surface area contributed by atoms with E-state index in [1.807, 2.05) is 0 Å². The van der Waals surface area contributed by atoms with Gasteiger partial charge in [-0.2, -0.15) is 4.98 Å². The van der Waals surface area contributed by atoms with Gasteiger partial charge in [-0.25, -0.2) is 4.98 Å². The van der Waals surface area contributed by atoms with E-state index in [2.05, 4.69) is 9.97 Å². The Morgan fingerprint density at radius 1 is 1.54 bits per heavy atom. The molecule has 1 aromatic heterocycles. The number of nitrogen functional groups attached to an aromatic ring is 1. The molecule has 1 aromatic rings. The molecule has 0 fully saturated rings. The van der Waals surface area contributed by atoms with Gasteiger partial charge in [-0.1, -0.05) is 0 Å². The maximum absolute atomic E-state index is 7.10. The minimum absolute atomic E-state index is 0. The van der Waals surface area contributed by atoms with Crippen LogP contribution in [-0.2, 0) is 0 Å². The number of rotatable bonds is 2. The number of amidine groups is 1. The fourth-order valence-electron chi connectivity index (χ4n) is 0.765. The predicted molar refractivity (Wildman–Crippen MR) is 51.6 cm³/mol. The molecule has 0 amide bonds. The molecule has 0 bridgehead atoms. The number of nitrogens with one attached hydrogen (secondary N) is 1. The summed E-state index contributed by atoms with van der Waals surface area (Å²) in [5, 5.41) is 7.10. The molecule has 0 aliphatic heterocycles. The first-order chi connectivity index (χ1) is 5.63. The van der Waals surface area contributed by atoms with Crippen molar-refractivity contribution < 1.29 is 4.74 Å². The van der Waals surface area contributed by atoms with E-state index in [-0.39, 0.29) is 24.1 Å². The fraction of sp³-hybridized carbons (Fsp3) is 0.286. The fourth-order valence-corrected chi connectivity index (χ4v) is 0.765. The van der Waals surface area contributed by atoms with Gasteiger partial charge >= 0.3 is 0 Å². The molecule has 5 nitrogen and oxygen atoms in total. The van der Waals surface area contributed by atoms with Crippen LogP contribution in [0.1, 0.15) is 11.5 Å². The van der Waals surface area contributed by atoms with Crippen LogP contribution in [0.25, 0.3) is 0 Å². The Morgan fingerprint density at radius 3 is 2.62 bits per heavy atom. The average Bonchev–Trinajstić information content (AvgIpc) is 2.03. The standard InChI is InChI=1S/C7H10N4O.ClH/c1-4-3-5(12-2)11-7(10-4)6(8)9;/h3H,1-2H3,(H3,8,9);1H. The zero-order valence-corrected chi connectivity index (χ0v) is 8.18. The summed E-state index contributed by atoms with van der Waals surface area (Å²) in [6.07, 6.45) is 0. The Labute approximate surface area is 82.3 Å². The molecule has 13 heavy (non-hydrogen) atoms. The van der Waals surface area contributed by atoms with Crippen molar-refractivity contribution in [3.63, 3.8) is 0 Å². The van der Waals surface area contributed by atoms with Gasteiger partial charge in [0.2, 0.25) is 5.88 Å². The Bertz CT molecular complexity index is 315. The molecule has 1 rings (SSSR count). The minimum Gasteiger partial charge on any atom is -0.481 e. The molecule has 0 aromatic carbocycles. The zero-order valence-electron chi connectivity index (χ0n) is 7.37. The lowest BCUT2D eigenvalue weighted by atomic mass is 10.4. The van der Waals surface area contributed by atoms with Crippen molar-refractivity contribution in [2.45, 2.75) is 6.92 Å². The van der Waals surface area contributed by atoms with Gasteiger partial charge in [0, 0.05) is 11.8 Å². The molecular weight excluding hydrogens is 192 g/mol. The Morgan fingerprint density at radius 2 is 2.15 bits per heavy atom. The third kappa shape index (κ3) is 2.87. The first-order valence-electron chi connectivity index (χ1n) is 3.37. The normalized spacial score (nSPS) is 8.77. The molecule has 0 saturated carbocycles. The highest BCUT2D eigenvalue weighted by molar-refractivity contribution is 5.91. The number of ether oxygens (including phenoxy) is 1. The van der Waals surface area contributed by atoms with Crippen molar-refractivity contribution >= 4 is 18.2 Å². The molecule has 3 N–H and O–H groups in total. The van der Waals surface area contributed by atoms with E-state index in [4.69, 9.17) is 15.9 Å². The van der Waals surface area contributed by atoms with Crippen molar-refractivity contribution in [1.29, 1.82) is 5.41 Å². The van der Waals surface area contributed by atoms with Crippen LogP contribution >= 0.6 is 12.4 Å². The second kappa shape index (κ2) is 4.61. The summed E-state index contributed by atoms with van der Waals surface area (Å²) in [7, 11) is 1.51. The van der Waals surface area contributed by atoms with E-state index in [1.165, 1.54) is 7.11 Å². The first kappa shape index (κ1) is 11.6. The summed E-state index contributed by atoms with van der Waals surface area (Å²) in [6, 6.07) is 1.67. The molecule has 0 saturated heterocycles. The molecule has 6 heteroatoms. The minimum atomic E-state index is -0.156. The summed E-state index contributed by atoms with van der Waals surface area (Å²) < 4.78 is 4.88. The van der Waals surface area contributed by atoms with E-state index < -0.39 is 0 Å². The Kier molecular flexibility index (Phi) is 4.13. The topological polar surface area (TPSA) is 84.9 Å². The largest absolute Gasteiger partial charge is 0.481 e. The number of aromatic nitrogens is 2. The van der Waals surface area contributed by atoms with Gasteiger partial charge < -0.3 is 10.5 Å². The monoisotopic (exact) mass is 202 g/mol. The van der Waals surface area contributed by atoms with Gasteiger partial charge in [0.05, 0.1) is 7.11 Å². The molecule has 0 spiro atoms. The average molecular weight is 203 g/mol. The van der Waals surface area contributed by atoms with Gasteiger partial charge in [-0.15, -0.1) is 12.4 Å².